The van der Waals surface area contributed by atoms with Crippen LogP contribution in [0.3, 0.4) is 0 Å². The monoisotopic (exact) mass is 333 g/mol. The summed E-state index contributed by atoms with van der Waals surface area (Å²) < 4.78 is 1.14. The molecule has 21 heavy (non-hydrogen) atoms. The molecule has 0 aliphatic heterocycles. The number of anilines is 2. The average molecular weight is 334 g/mol. The minimum atomic E-state index is 0.508. The second-order valence-corrected chi connectivity index (χ2v) is 6.45. The number of rotatable bonds is 2. The molecule has 3 nitrogen and oxygen atoms in total. The van der Waals surface area contributed by atoms with Gasteiger partial charge < -0.3 is 10.6 Å². The van der Waals surface area contributed by atoms with Crippen LogP contribution >= 0.6 is 35.2 Å². The molecule has 0 amide bonds. The quantitative estimate of drug-likeness (QED) is 0.642. The summed E-state index contributed by atoms with van der Waals surface area (Å²) in [7, 11) is 0. The van der Waals surface area contributed by atoms with Gasteiger partial charge in [0.2, 0.25) is 0 Å². The number of aromatic nitrogens is 1. The van der Waals surface area contributed by atoms with Gasteiger partial charge in [-0.05, 0) is 61.1 Å². The van der Waals surface area contributed by atoms with Gasteiger partial charge >= 0.3 is 0 Å². The van der Waals surface area contributed by atoms with Crippen molar-refractivity contribution >= 4 is 61.3 Å². The standard InChI is InChI=1S/C15H12ClN3S2/c1-9-2-7-13-12(8-9)18-15(21-13)19-14(20)17-11-5-3-10(16)4-6-11/h2-8H,1H3,(H2,17,18,19,20). The van der Waals surface area contributed by atoms with Gasteiger partial charge in [-0.3, -0.25) is 0 Å². The summed E-state index contributed by atoms with van der Waals surface area (Å²) in [5.74, 6) is 0. The van der Waals surface area contributed by atoms with E-state index in [0.717, 1.165) is 21.0 Å². The first-order chi connectivity index (χ1) is 10.1. The van der Waals surface area contributed by atoms with Crippen molar-refractivity contribution in [1.29, 1.82) is 0 Å². The summed E-state index contributed by atoms with van der Waals surface area (Å²) >= 11 is 12.7. The Labute approximate surface area is 137 Å². The zero-order valence-electron chi connectivity index (χ0n) is 11.2. The van der Waals surface area contributed by atoms with E-state index in [4.69, 9.17) is 23.8 Å². The van der Waals surface area contributed by atoms with Crippen LogP contribution in [0.5, 0.6) is 0 Å². The SMILES string of the molecule is Cc1ccc2sc(NC(=S)Nc3ccc(Cl)cc3)nc2c1. The molecule has 106 valence electrons. The molecule has 2 aromatic carbocycles. The number of fused-ring (bicyclic) bond motifs is 1. The van der Waals surface area contributed by atoms with Crippen LogP contribution in [0, 0.1) is 6.92 Å². The first-order valence-electron chi connectivity index (χ1n) is 6.31. The zero-order chi connectivity index (χ0) is 14.8. The summed E-state index contributed by atoms with van der Waals surface area (Å²) in [5.41, 5.74) is 3.06. The van der Waals surface area contributed by atoms with Gasteiger partial charge in [0.15, 0.2) is 10.2 Å². The molecule has 0 radical (unpaired) electrons. The summed E-state index contributed by atoms with van der Waals surface area (Å²) in [4.78, 5) is 4.53. The number of nitrogens with one attached hydrogen (secondary N) is 2. The number of thiocarbonyl (C=S) groups is 1. The fraction of sp³-hybridized carbons (Fsp3) is 0.0667. The Hall–Kier alpha value is -1.69. The van der Waals surface area contributed by atoms with Crippen molar-refractivity contribution in [2.24, 2.45) is 0 Å². The van der Waals surface area contributed by atoms with E-state index in [-0.39, 0.29) is 0 Å². The van der Waals surface area contributed by atoms with Crippen molar-refractivity contribution in [3.05, 3.63) is 53.1 Å². The molecular weight excluding hydrogens is 322 g/mol. The molecule has 1 aromatic heterocycles. The smallest absolute Gasteiger partial charge is 0.190 e. The van der Waals surface area contributed by atoms with E-state index in [1.165, 1.54) is 5.56 Å². The van der Waals surface area contributed by atoms with E-state index in [2.05, 4.69) is 40.7 Å². The highest BCUT2D eigenvalue weighted by atomic mass is 35.5. The molecule has 0 spiro atoms. The van der Waals surface area contributed by atoms with Gasteiger partial charge in [0.05, 0.1) is 10.2 Å². The fourth-order valence-corrected chi connectivity index (χ4v) is 3.14. The number of thiazole rings is 1. The molecule has 3 aromatic rings. The number of nitrogens with zero attached hydrogens (tertiary/aromatic N) is 1. The predicted molar refractivity (Wildman–Crippen MR) is 95.7 cm³/mol. The Morgan fingerprint density at radius 1 is 1.14 bits per heavy atom. The van der Waals surface area contributed by atoms with E-state index in [1.54, 1.807) is 11.3 Å². The Balaban J connectivity index is 1.72. The molecule has 0 saturated heterocycles. The maximum absolute atomic E-state index is 5.85. The second-order valence-electron chi connectivity index (χ2n) is 4.58. The van der Waals surface area contributed by atoms with Gasteiger partial charge in [0, 0.05) is 10.7 Å². The lowest BCUT2D eigenvalue weighted by atomic mass is 10.2. The Morgan fingerprint density at radius 3 is 2.67 bits per heavy atom. The lowest BCUT2D eigenvalue weighted by Gasteiger charge is -2.07. The van der Waals surface area contributed by atoms with Crippen molar-refractivity contribution in [1.82, 2.24) is 4.98 Å². The molecular formula is C15H12ClN3S2. The highest BCUT2D eigenvalue weighted by molar-refractivity contribution is 7.80. The lowest BCUT2D eigenvalue weighted by molar-refractivity contribution is 1.44. The Morgan fingerprint density at radius 2 is 1.90 bits per heavy atom. The van der Waals surface area contributed by atoms with E-state index < -0.39 is 0 Å². The zero-order valence-corrected chi connectivity index (χ0v) is 13.6. The minimum Gasteiger partial charge on any atom is -0.332 e. The summed E-state index contributed by atoms with van der Waals surface area (Å²) in [6.45, 7) is 2.05. The number of hydrogen-bond donors (Lipinski definition) is 2. The van der Waals surface area contributed by atoms with E-state index in [1.807, 2.05) is 24.3 Å². The molecule has 0 atom stereocenters. The van der Waals surface area contributed by atoms with Crippen molar-refractivity contribution in [2.45, 2.75) is 6.92 Å². The third-order valence-electron chi connectivity index (χ3n) is 2.87. The van der Waals surface area contributed by atoms with Crippen LogP contribution in [0.2, 0.25) is 5.02 Å². The van der Waals surface area contributed by atoms with Gasteiger partial charge in [-0.1, -0.05) is 29.0 Å². The van der Waals surface area contributed by atoms with Crippen LogP contribution in [0.15, 0.2) is 42.5 Å². The first-order valence-corrected chi connectivity index (χ1v) is 7.91. The third kappa shape index (κ3) is 3.50. The highest BCUT2D eigenvalue weighted by Crippen LogP contribution is 2.26. The van der Waals surface area contributed by atoms with Crippen LogP contribution in [-0.2, 0) is 0 Å². The molecule has 6 heteroatoms. The predicted octanol–water partition coefficient (Wildman–Crippen LogP) is 5.07. The van der Waals surface area contributed by atoms with E-state index in [9.17, 15) is 0 Å². The molecule has 0 fully saturated rings. The van der Waals surface area contributed by atoms with E-state index in [0.29, 0.717) is 10.1 Å². The first kappa shape index (κ1) is 14.3. The van der Waals surface area contributed by atoms with Gasteiger partial charge in [0.1, 0.15) is 0 Å². The lowest BCUT2D eigenvalue weighted by Crippen LogP contribution is -2.18. The van der Waals surface area contributed by atoms with Crippen LogP contribution in [0.4, 0.5) is 10.8 Å². The molecule has 0 aliphatic rings. The molecule has 1 heterocycles. The minimum absolute atomic E-state index is 0.508. The fourth-order valence-electron chi connectivity index (χ4n) is 1.88. The van der Waals surface area contributed by atoms with E-state index >= 15 is 0 Å². The topological polar surface area (TPSA) is 37.0 Å². The van der Waals surface area contributed by atoms with Crippen molar-refractivity contribution < 1.29 is 0 Å². The third-order valence-corrected chi connectivity index (χ3v) is 4.27. The summed E-state index contributed by atoms with van der Waals surface area (Å²) in [6.07, 6.45) is 0. The van der Waals surface area contributed by atoms with Gasteiger partial charge in [0.25, 0.3) is 0 Å². The number of halogens is 1. The number of benzene rings is 2. The maximum atomic E-state index is 5.85. The van der Waals surface area contributed by atoms with Crippen molar-refractivity contribution in [3.63, 3.8) is 0 Å². The molecule has 3 rings (SSSR count). The van der Waals surface area contributed by atoms with Gasteiger partial charge in [-0.15, -0.1) is 0 Å². The number of hydrogen-bond acceptors (Lipinski definition) is 3. The average Bonchev–Trinajstić information content (AvgIpc) is 2.82. The van der Waals surface area contributed by atoms with Crippen LogP contribution in [-0.4, -0.2) is 10.1 Å². The van der Waals surface area contributed by atoms with Crippen molar-refractivity contribution in [3.8, 4) is 0 Å². The van der Waals surface area contributed by atoms with Gasteiger partial charge in [-0.2, -0.15) is 0 Å². The second kappa shape index (κ2) is 5.97. The van der Waals surface area contributed by atoms with Crippen molar-refractivity contribution in [2.75, 3.05) is 10.6 Å². The Kier molecular flexibility index (Phi) is 4.05. The van der Waals surface area contributed by atoms with Crippen LogP contribution < -0.4 is 10.6 Å². The normalized spacial score (nSPS) is 10.6. The largest absolute Gasteiger partial charge is 0.332 e. The van der Waals surface area contributed by atoms with Gasteiger partial charge in [-0.25, -0.2) is 4.98 Å². The maximum Gasteiger partial charge on any atom is 0.190 e. The number of aryl methyl sites for hydroxylation is 1. The Bertz CT molecular complexity index is 796. The summed E-state index contributed by atoms with van der Waals surface area (Å²) in [5, 5.41) is 8.19. The molecule has 2 N–H and O–H groups in total. The van der Waals surface area contributed by atoms with Crippen LogP contribution in [0.25, 0.3) is 10.2 Å². The molecule has 0 saturated carbocycles. The summed E-state index contributed by atoms with van der Waals surface area (Å²) in [6, 6.07) is 13.6. The highest BCUT2D eigenvalue weighted by Gasteiger charge is 2.06. The van der Waals surface area contributed by atoms with Crippen LogP contribution in [0.1, 0.15) is 5.56 Å². The molecule has 0 unspecified atom stereocenters. The molecule has 0 aliphatic carbocycles. The molecule has 0 bridgehead atoms.